The second-order valence-electron chi connectivity index (χ2n) is 9.58. The summed E-state index contributed by atoms with van der Waals surface area (Å²) < 4.78 is 6.15. The van der Waals surface area contributed by atoms with Gasteiger partial charge in [0.15, 0.2) is 11.3 Å². The Morgan fingerprint density at radius 1 is 1.19 bits per heavy atom. The normalized spacial score (nSPS) is 16.3. The molecule has 3 aromatic rings. The highest BCUT2D eigenvalue weighted by atomic mass is 35.5. The number of furan rings is 1. The van der Waals surface area contributed by atoms with E-state index in [1.807, 2.05) is 29.2 Å². The fourth-order valence-electron chi connectivity index (χ4n) is 3.95. The van der Waals surface area contributed by atoms with E-state index in [1.165, 1.54) is 0 Å². The van der Waals surface area contributed by atoms with Crippen LogP contribution in [-0.4, -0.2) is 41.0 Å². The third-order valence-electron chi connectivity index (χ3n) is 5.68. The molecular weight excluding hydrogens is 433 g/mol. The van der Waals surface area contributed by atoms with Crippen LogP contribution in [0.4, 0.5) is 0 Å². The number of carbonyl (C=O) groups excluding carboxylic acids is 1. The van der Waals surface area contributed by atoms with Crippen LogP contribution in [0.25, 0.3) is 22.4 Å². The minimum Gasteiger partial charge on any atom is -0.449 e. The molecule has 0 atom stereocenters. The smallest absolute Gasteiger partial charge is 0.290 e. The van der Waals surface area contributed by atoms with Crippen molar-refractivity contribution in [3.8, 4) is 11.3 Å². The van der Waals surface area contributed by atoms with Gasteiger partial charge in [-0.15, -0.1) is 12.4 Å². The van der Waals surface area contributed by atoms with E-state index in [9.17, 15) is 4.79 Å². The fourth-order valence-corrected chi connectivity index (χ4v) is 4.07. The molecule has 0 aliphatic carbocycles. The van der Waals surface area contributed by atoms with Crippen LogP contribution >= 0.6 is 24.0 Å². The van der Waals surface area contributed by atoms with Crippen molar-refractivity contribution in [3.63, 3.8) is 0 Å². The Labute approximate surface area is 194 Å². The molecule has 1 aliphatic rings. The van der Waals surface area contributed by atoms with Crippen LogP contribution in [0, 0.1) is 0 Å². The second-order valence-corrected chi connectivity index (χ2v) is 10.0. The Hall–Kier alpha value is -2.08. The van der Waals surface area contributed by atoms with Gasteiger partial charge >= 0.3 is 0 Å². The summed E-state index contributed by atoms with van der Waals surface area (Å²) in [7, 11) is 0. The molecule has 1 amide bonds. The van der Waals surface area contributed by atoms with Crippen molar-refractivity contribution < 1.29 is 9.21 Å². The average molecular weight is 462 g/mol. The lowest BCUT2D eigenvalue weighted by Gasteiger charge is -2.42. The third kappa shape index (κ3) is 4.59. The Morgan fingerprint density at radius 2 is 1.87 bits per heavy atom. The van der Waals surface area contributed by atoms with Crippen molar-refractivity contribution in [1.29, 1.82) is 0 Å². The van der Waals surface area contributed by atoms with Crippen LogP contribution in [-0.2, 0) is 5.41 Å². The highest BCUT2D eigenvalue weighted by molar-refractivity contribution is 6.30. The lowest BCUT2D eigenvalue weighted by Crippen LogP contribution is -2.59. The maximum absolute atomic E-state index is 13.3. The maximum atomic E-state index is 13.3. The number of carbonyl (C=O) groups is 1. The van der Waals surface area contributed by atoms with Crippen LogP contribution in [0.3, 0.4) is 0 Å². The van der Waals surface area contributed by atoms with Crippen LogP contribution in [0.2, 0.25) is 5.02 Å². The van der Waals surface area contributed by atoms with Crippen molar-refractivity contribution in [2.45, 2.75) is 45.6 Å². The summed E-state index contributed by atoms with van der Waals surface area (Å²) in [4.78, 5) is 20.0. The topological polar surface area (TPSA) is 58.4 Å². The van der Waals surface area contributed by atoms with Gasteiger partial charge in [-0.05, 0) is 37.5 Å². The highest BCUT2D eigenvalue weighted by Gasteiger charge is 2.35. The summed E-state index contributed by atoms with van der Waals surface area (Å²) in [5, 5.41) is 4.04. The largest absolute Gasteiger partial charge is 0.449 e. The molecule has 0 spiro atoms. The number of benzene rings is 1. The van der Waals surface area contributed by atoms with Crippen molar-refractivity contribution >= 4 is 41.0 Å². The summed E-state index contributed by atoms with van der Waals surface area (Å²) in [6.45, 7) is 12.7. The fraction of sp³-hybridized carbons (Fsp3) is 0.417. The first-order chi connectivity index (χ1) is 14.1. The molecule has 5 nitrogen and oxygen atoms in total. The van der Waals surface area contributed by atoms with Crippen LogP contribution in [0.5, 0.6) is 0 Å². The number of fused-ring (bicyclic) bond motifs is 1. The lowest BCUT2D eigenvalue weighted by molar-refractivity contribution is 0.0448. The SMILES string of the molecule is CC(C)(C)c1cc(-c2ccc(Cl)cc2)nc2cc(C(=O)N3CCNCC3(C)C)oc12.Cl. The van der Waals surface area contributed by atoms with Gasteiger partial charge in [-0.25, -0.2) is 4.98 Å². The molecule has 1 saturated heterocycles. The van der Waals surface area contributed by atoms with Gasteiger partial charge in [-0.3, -0.25) is 4.79 Å². The molecular formula is C24H29Cl2N3O2. The summed E-state index contributed by atoms with van der Waals surface area (Å²) in [6, 6.07) is 11.5. The summed E-state index contributed by atoms with van der Waals surface area (Å²) in [5.74, 6) is 0.249. The number of hydrogen-bond donors (Lipinski definition) is 1. The van der Waals surface area contributed by atoms with Gasteiger partial charge in [0.1, 0.15) is 5.52 Å². The molecule has 7 heteroatoms. The molecule has 0 unspecified atom stereocenters. The van der Waals surface area contributed by atoms with Crippen LogP contribution < -0.4 is 5.32 Å². The number of piperazine rings is 1. The molecule has 1 N–H and O–H groups in total. The number of nitrogens with one attached hydrogen (secondary N) is 1. The first kappa shape index (κ1) is 23.6. The van der Waals surface area contributed by atoms with Gasteiger partial charge in [0.25, 0.3) is 5.91 Å². The summed E-state index contributed by atoms with van der Waals surface area (Å²) >= 11 is 6.05. The number of nitrogens with zero attached hydrogens (tertiary/aromatic N) is 2. The van der Waals surface area contributed by atoms with Gasteiger partial charge in [-0.2, -0.15) is 0 Å². The lowest BCUT2D eigenvalue weighted by atomic mass is 9.86. The Bertz CT molecular complexity index is 1100. The van der Waals surface area contributed by atoms with Crippen molar-refractivity contribution in [2.24, 2.45) is 0 Å². The molecule has 1 fully saturated rings. The van der Waals surface area contributed by atoms with Crippen molar-refractivity contribution in [3.05, 3.63) is 52.7 Å². The Morgan fingerprint density at radius 3 is 2.48 bits per heavy atom. The van der Waals surface area contributed by atoms with Gasteiger partial charge in [-0.1, -0.05) is 44.5 Å². The standard InChI is InChI=1S/C24H28ClN3O2.ClH/c1-23(2,3)17-12-18(15-6-8-16(25)9-7-15)27-19-13-20(30-21(17)19)22(29)28-11-10-26-14-24(28,4)5;/h6-9,12-13,26H,10-11,14H2,1-5H3;1H. The zero-order valence-corrected chi connectivity index (χ0v) is 20.2. The number of aromatic nitrogens is 1. The predicted octanol–water partition coefficient (Wildman–Crippen LogP) is 5.69. The number of amides is 1. The molecule has 3 heterocycles. The second kappa shape index (κ2) is 8.45. The van der Waals surface area contributed by atoms with E-state index >= 15 is 0 Å². The monoisotopic (exact) mass is 461 g/mol. The Balaban J connectivity index is 0.00000272. The predicted molar refractivity (Wildman–Crippen MR) is 128 cm³/mol. The van der Waals surface area contributed by atoms with Crippen molar-refractivity contribution in [2.75, 3.05) is 19.6 Å². The van der Waals surface area contributed by atoms with Gasteiger partial charge < -0.3 is 14.6 Å². The molecule has 0 radical (unpaired) electrons. The van der Waals surface area contributed by atoms with Gasteiger partial charge in [0, 0.05) is 41.9 Å². The molecule has 2 aromatic heterocycles. The van der Waals surface area contributed by atoms with E-state index in [1.54, 1.807) is 6.07 Å². The van der Waals surface area contributed by atoms with E-state index in [0.717, 1.165) is 29.9 Å². The summed E-state index contributed by atoms with van der Waals surface area (Å²) in [6.07, 6.45) is 0. The number of pyridine rings is 1. The molecule has 166 valence electrons. The number of rotatable bonds is 2. The van der Waals surface area contributed by atoms with Crippen LogP contribution in [0.1, 0.15) is 50.7 Å². The van der Waals surface area contributed by atoms with E-state index in [4.69, 9.17) is 21.0 Å². The first-order valence-electron chi connectivity index (χ1n) is 10.3. The quantitative estimate of drug-likeness (QED) is 0.532. The van der Waals surface area contributed by atoms with E-state index in [0.29, 0.717) is 28.4 Å². The van der Waals surface area contributed by atoms with Gasteiger partial charge in [0.2, 0.25) is 0 Å². The molecule has 0 saturated carbocycles. The highest BCUT2D eigenvalue weighted by Crippen LogP contribution is 2.35. The van der Waals surface area contributed by atoms with Crippen molar-refractivity contribution in [1.82, 2.24) is 15.2 Å². The number of halogens is 2. The van der Waals surface area contributed by atoms with E-state index in [-0.39, 0.29) is 29.3 Å². The zero-order chi connectivity index (χ0) is 21.7. The first-order valence-corrected chi connectivity index (χ1v) is 10.7. The molecule has 0 bridgehead atoms. The maximum Gasteiger partial charge on any atom is 0.290 e. The minimum absolute atomic E-state index is 0. The Kier molecular flexibility index (Phi) is 6.43. The molecule has 4 rings (SSSR count). The summed E-state index contributed by atoms with van der Waals surface area (Å²) in [5.41, 5.74) is 3.77. The number of hydrogen-bond acceptors (Lipinski definition) is 4. The van der Waals surface area contributed by atoms with Gasteiger partial charge in [0.05, 0.1) is 11.2 Å². The van der Waals surface area contributed by atoms with E-state index < -0.39 is 0 Å². The molecule has 31 heavy (non-hydrogen) atoms. The van der Waals surface area contributed by atoms with E-state index in [2.05, 4.69) is 46.0 Å². The molecule has 1 aliphatic heterocycles. The van der Waals surface area contributed by atoms with Crippen LogP contribution in [0.15, 0.2) is 40.8 Å². The minimum atomic E-state index is -0.275. The molecule has 1 aromatic carbocycles. The zero-order valence-electron chi connectivity index (χ0n) is 18.6. The average Bonchev–Trinajstić information content (AvgIpc) is 3.10. The third-order valence-corrected chi connectivity index (χ3v) is 5.94.